The molecule has 3 heteroatoms. The van der Waals surface area contributed by atoms with Gasteiger partial charge >= 0.3 is 0 Å². The van der Waals surface area contributed by atoms with Crippen LogP contribution in [0.4, 0.5) is 5.69 Å². The summed E-state index contributed by atoms with van der Waals surface area (Å²) in [7, 11) is 0. The Morgan fingerprint density at radius 2 is 1.45 bits per heavy atom. The van der Waals surface area contributed by atoms with Crippen molar-refractivity contribution in [3.63, 3.8) is 0 Å². The first-order chi connectivity index (χ1) is 10.8. The molecular weight excluding hydrogens is 383 g/mol. The molecule has 0 aliphatic rings. The van der Waals surface area contributed by atoms with Crippen molar-refractivity contribution >= 4 is 52.7 Å². The van der Waals surface area contributed by atoms with Gasteiger partial charge in [-0.1, -0.05) is 55.6 Å². The number of para-hydroxylation sites is 1. The fraction of sp³-hybridized carbons (Fsp3) is 0. The first kappa shape index (κ1) is 13.5. The number of aromatic nitrogens is 1. The normalized spacial score (nSPS) is 11.3. The van der Waals surface area contributed by atoms with Crippen LogP contribution in [0.1, 0.15) is 0 Å². The zero-order valence-electron chi connectivity index (χ0n) is 12.0. The van der Waals surface area contributed by atoms with E-state index >= 15 is 0 Å². The molecule has 0 amide bonds. The second-order valence-electron chi connectivity index (χ2n) is 5.18. The second kappa shape index (κ2) is 5.25. The molecule has 2 N–H and O–H groups in total. The summed E-state index contributed by atoms with van der Waals surface area (Å²) < 4.78 is 7.82. The fourth-order valence-electron chi connectivity index (χ4n) is 3.06. The van der Waals surface area contributed by atoms with E-state index in [4.69, 9.17) is 5.73 Å². The first-order valence-corrected chi connectivity index (χ1v) is 9.67. The lowest BCUT2D eigenvalue weighted by Crippen LogP contribution is -1.93. The molecule has 0 aliphatic heterocycles. The molecule has 4 aromatic rings. The highest BCUT2D eigenvalue weighted by molar-refractivity contribution is 14.2. The summed E-state index contributed by atoms with van der Waals surface area (Å²) in [6.07, 6.45) is 0. The molecule has 2 nitrogen and oxygen atoms in total. The lowest BCUT2D eigenvalue weighted by Gasteiger charge is -2.07. The highest BCUT2D eigenvalue weighted by Crippen LogP contribution is 2.38. The number of hydrogen-bond acceptors (Lipinski definition) is 1. The van der Waals surface area contributed by atoms with Crippen molar-refractivity contribution in [2.45, 2.75) is 0 Å². The van der Waals surface area contributed by atoms with Crippen molar-refractivity contribution in [2.24, 2.45) is 0 Å². The van der Waals surface area contributed by atoms with Crippen LogP contribution in [0.3, 0.4) is 0 Å². The van der Waals surface area contributed by atoms with Gasteiger partial charge in [0.1, 0.15) is 0 Å². The molecule has 0 unspecified atom stereocenters. The molecule has 0 radical (unpaired) electrons. The van der Waals surface area contributed by atoms with Crippen molar-refractivity contribution in [3.8, 4) is 5.69 Å². The Hall–Kier alpha value is -2.14. The molecule has 0 bridgehead atoms. The van der Waals surface area contributed by atoms with Gasteiger partial charge in [-0.05, 0) is 36.4 Å². The Labute approximate surface area is 138 Å². The zero-order valence-corrected chi connectivity index (χ0v) is 14.1. The zero-order chi connectivity index (χ0) is 15.1. The Bertz CT molecular complexity index is 1000. The van der Waals surface area contributed by atoms with Gasteiger partial charge in [-0.25, -0.2) is 0 Å². The van der Waals surface area contributed by atoms with Crippen LogP contribution in [-0.4, -0.2) is 9.08 Å². The SMILES string of the molecule is C=Ic1cccc2c1c1c(N)cccc1n2-c1ccccc1. The maximum absolute atomic E-state index is 6.32. The summed E-state index contributed by atoms with van der Waals surface area (Å²) in [6, 6.07) is 23.1. The number of hydrogen-bond donors (Lipinski definition) is 1. The minimum atomic E-state index is -0.256. The Balaban J connectivity index is 2.29. The van der Waals surface area contributed by atoms with Crippen molar-refractivity contribution in [2.75, 3.05) is 5.73 Å². The Kier molecular flexibility index (Phi) is 3.22. The lowest BCUT2D eigenvalue weighted by atomic mass is 10.1. The number of benzene rings is 3. The van der Waals surface area contributed by atoms with E-state index in [1.54, 1.807) is 0 Å². The quantitative estimate of drug-likeness (QED) is 0.377. The molecule has 22 heavy (non-hydrogen) atoms. The highest BCUT2D eigenvalue weighted by atomic mass is 127. The average Bonchev–Trinajstić information content (AvgIpc) is 2.91. The van der Waals surface area contributed by atoms with E-state index in [-0.39, 0.29) is 20.7 Å². The Morgan fingerprint density at radius 1 is 0.773 bits per heavy atom. The molecule has 1 heterocycles. The maximum atomic E-state index is 6.32. The summed E-state index contributed by atoms with van der Waals surface area (Å²) in [5, 5.41) is 2.42. The van der Waals surface area contributed by atoms with Gasteiger partial charge in [0.05, 0.1) is 11.0 Å². The minimum Gasteiger partial charge on any atom is -0.398 e. The van der Waals surface area contributed by atoms with Gasteiger partial charge in [0.25, 0.3) is 0 Å². The van der Waals surface area contributed by atoms with E-state index < -0.39 is 0 Å². The number of nitrogens with zero attached hydrogens (tertiary/aromatic N) is 1. The van der Waals surface area contributed by atoms with Crippen LogP contribution in [0.25, 0.3) is 27.5 Å². The summed E-state index contributed by atoms with van der Waals surface area (Å²) >= 11 is -0.256. The predicted octanol–water partition coefficient (Wildman–Crippen LogP) is 4.94. The van der Waals surface area contributed by atoms with Gasteiger partial charge in [0.2, 0.25) is 0 Å². The topological polar surface area (TPSA) is 30.9 Å². The van der Waals surface area contributed by atoms with Crippen molar-refractivity contribution in [1.29, 1.82) is 0 Å². The highest BCUT2D eigenvalue weighted by Gasteiger charge is 2.15. The van der Waals surface area contributed by atoms with Crippen molar-refractivity contribution in [1.82, 2.24) is 4.57 Å². The summed E-state index contributed by atoms with van der Waals surface area (Å²) in [4.78, 5) is 0. The molecule has 0 saturated heterocycles. The molecule has 4 rings (SSSR count). The molecule has 3 aromatic carbocycles. The molecule has 0 spiro atoms. The third-order valence-corrected chi connectivity index (χ3v) is 5.68. The van der Waals surface area contributed by atoms with Crippen molar-refractivity contribution < 1.29 is 0 Å². The molecular formula is C19H15IN2. The van der Waals surface area contributed by atoms with E-state index in [9.17, 15) is 0 Å². The van der Waals surface area contributed by atoms with Crippen LogP contribution < -0.4 is 5.73 Å². The number of nitrogens with two attached hydrogens (primary N) is 1. The monoisotopic (exact) mass is 398 g/mol. The number of fused-ring (bicyclic) bond motifs is 3. The predicted molar refractivity (Wildman–Crippen MR) is 105 cm³/mol. The van der Waals surface area contributed by atoms with E-state index in [0.717, 1.165) is 22.3 Å². The van der Waals surface area contributed by atoms with Crippen molar-refractivity contribution in [3.05, 3.63) is 70.3 Å². The van der Waals surface area contributed by atoms with Crippen LogP contribution in [-0.2, 0) is 0 Å². The van der Waals surface area contributed by atoms with Gasteiger partial charge < -0.3 is 10.3 Å². The third-order valence-electron chi connectivity index (χ3n) is 3.96. The smallest absolute Gasteiger partial charge is 0.0562 e. The summed E-state index contributed by atoms with van der Waals surface area (Å²) in [6.45, 7) is 0. The fourth-order valence-corrected chi connectivity index (χ4v) is 4.45. The third kappa shape index (κ3) is 1.89. The van der Waals surface area contributed by atoms with Gasteiger partial charge in [-0.15, -0.1) is 0 Å². The second-order valence-corrected chi connectivity index (χ2v) is 7.10. The van der Waals surface area contributed by atoms with E-state index in [1.165, 1.54) is 14.5 Å². The number of rotatable bonds is 2. The van der Waals surface area contributed by atoms with Crippen LogP contribution >= 0.6 is 20.7 Å². The van der Waals surface area contributed by atoms with E-state index in [2.05, 4.69) is 57.6 Å². The standard InChI is InChI=1S/C19H15IN2/c1-20-14-9-5-11-16-18(14)19-15(21)10-6-12-17(19)22(16)13-7-3-2-4-8-13/h2-12H,1,21H2. The van der Waals surface area contributed by atoms with Crippen LogP contribution in [0, 0.1) is 3.57 Å². The summed E-state index contributed by atoms with van der Waals surface area (Å²) in [5.41, 5.74) is 10.7. The molecule has 0 atom stereocenters. The van der Waals surface area contributed by atoms with E-state index in [0.29, 0.717) is 0 Å². The molecule has 0 saturated carbocycles. The van der Waals surface area contributed by atoms with Gasteiger partial charge in [-0.3, -0.25) is 0 Å². The molecule has 108 valence electrons. The lowest BCUT2D eigenvalue weighted by molar-refractivity contribution is 1.18. The molecule has 0 fully saturated rings. The Morgan fingerprint density at radius 3 is 2.18 bits per heavy atom. The minimum absolute atomic E-state index is 0.256. The number of halogens is 1. The van der Waals surface area contributed by atoms with Gasteiger partial charge in [0.15, 0.2) is 0 Å². The largest absolute Gasteiger partial charge is 0.398 e. The average molecular weight is 398 g/mol. The van der Waals surface area contributed by atoms with Crippen LogP contribution in [0.5, 0.6) is 0 Å². The first-order valence-electron chi connectivity index (χ1n) is 7.06. The van der Waals surface area contributed by atoms with Gasteiger partial charge in [-0.2, -0.15) is 0 Å². The maximum Gasteiger partial charge on any atom is 0.0562 e. The molecule has 1 aromatic heterocycles. The van der Waals surface area contributed by atoms with Crippen LogP contribution in [0.2, 0.25) is 0 Å². The number of nitrogen functional groups attached to an aromatic ring is 1. The van der Waals surface area contributed by atoms with Gasteiger partial charge in [0, 0.05) is 25.7 Å². The van der Waals surface area contributed by atoms with Crippen LogP contribution in [0.15, 0.2) is 66.7 Å². The molecule has 0 aliphatic carbocycles. The summed E-state index contributed by atoms with van der Waals surface area (Å²) in [5.74, 6) is 0. The number of anilines is 1. The van der Waals surface area contributed by atoms with E-state index in [1.807, 2.05) is 18.2 Å².